The van der Waals surface area contributed by atoms with E-state index in [0.717, 1.165) is 31.5 Å². The van der Waals surface area contributed by atoms with Gasteiger partial charge in [-0.05, 0) is 44.3 Å². The van der Waals surface area contributed by atoms with E-state index in [4.69, 9.17) is 9.84 Å². The second-order valence-corrected chi connectivity index (χ2v) is 7.15. The van der Waals surface area contributed by atoms with E-state index in [1.807, 2.05) is 30.3 Å². The molecule has 1 aromatic carbocycles. The maximum atomic E-state index is 12.6. The number of carbonyl (C=O) groups excluding carboxylic acids is 1. The molecule has 1 aromatic heterocycles. The Hall–Kier alpha value is -2.71. The minimum absolute atomic E-state index is 0. The first kappa shape index (κ1) is 23.6. The summed E-state index contributed by atoms with van der Waals surface area (Å²) in [6.07, 6.45) is 2.76. The highest BCUT2D eigenvalue weighted by molar-refractivity contribution is 5.96. The minimum Gasteiger partial charge on any atom is -0.485 e. The molecule has 1 amide bonds. The number of nitrogens with one attached hydrogen (secondary N) is 2. The smallest absolute Gasteiger partial charge is 0.322 e. The number of aromatic nitrogens is 2. The van der Waals surface area contributed by atoms with Gasteiger partial charge in [-0.3, -0.25) is 9.59 Å². The van der Waals surface area contributed by atoms with Crippen LogP contribution >= 0.6 is 12.4 Å². The van der Waals surface area contributed by atoms with Crippen molar-refractivity contribution in [3.05, 3.63) is 53.1 Å². The molecule has 0 unspecified atom stereocenters. The minimum atomic E-state index is -1.12. The lowest BCUT2D eigenvalue weighted by atomic mass is 9.94. The van der Waals surface area contributed by atoms with Gasteiger partial charge in [-0.15, -0.1) is 12.4 Å². The molecule has 3 N–H and O–H groups in total. The van der Waals surface area contributed by atoms with Crippen molar-refractivity contribution in [3.63, 3.8) is 0 Å². The Morgan fingerprint density at radius 2 is 1.90 bits per heavy atom. The first-order chi connectivity index (χ1) is 14.0. The summed E-state index contributed by atoms with van der Waals surface area (Å²) < 4.78 is 5.88. The fraction of sp³-hybridized carbons (Fsp3) is 0.429. The van der Waals surface area contributed by atoms with E-state index in [9.17, 15) is 9.59 Å². The van der Waals surface area contributed by atoms with Crippen LogP contribution < -0.4 is 15.4 Å². The average molecular weight is 435 g/mol. The molecule has 30 heavy (non-hydrogen) atoms. The van der Waals surface area contributed by atoms with Crippen molar-refractivity contribution < 1.29 is 19.4 Å². The zero-order valence-corrected chi connectivity index (χ0v) is 17.7. The van der Waals surface area contributed by atoms with Crippen LogP contribution in [0.1, 0.15) is 40.4 Å². The van der Waals surface area contributed by atoms with Gasteiger partial charge in [0.25, 0.3) is 5.91 Å². The zero-order valence-electron chi connectivity index (χ0n) is 16.9. The number of halogens is 1. The third-order valence-electron chi connectivity index (χ3n) is 4.85. The lowest BCUT2D eigenvalue weighted by Gasteiger charge is -2.22. The van der Waals surface area contributed by atoms with Crippen molar-refractivity contribution in [3.8, 4) is 5.75 Å². The average Bonchev–Trinajstić information content (AvgIpc) is 2.72. The molecule has 1 aliphatic rings. The van der Waals surface area contributed by atoms with E-state index in [0.29, 0.717) is 23.9 Å². The summed E-state index contributed by atoms with van der Waals surface area (Å²) in [5, 5.41) is 14.6. The second-order valence-electron chi connectivity index (χ2n) is 7.15. The van der Waals surface area contributed by atoms with Crippen LogP contribution in [0.25, 0.3) is 0 Å². The zero-order chi connectivity index (χ0) is 20.6. The number of nitrogens with zero attached hydrogens (tertiary/aromatic N) is 2. The van der Waals surface area contributed by atoms with Gasteiger partial charge in [0.1, 0.15) is 19.0 Å². The molecule has 2 aromatic rings. The topological polar surface area (TPSA) is 113 Å². The Labute approximate surface area is 181 Å². The van der Waals surface area contributed by atoms with Crippen LogP contribution in [0.15, 0.2) is 30.3 Å². The van der Waals surface area contributed by atoms with Gasteiger partial charge in [-0.1, -0.05) is 30.3 Å². The molecule has 0 saturated carbocycles. The molecule has 1 fully saturated rings. The van der Waals surface area contributed by atoms with Gasteiger partial charge in [-0.25, -0.2) is 9.97 Å². The van der Waals surface area contributed by atoms with Crippen molar-refractivity contribution in [1.82, 2.24) is 20.6 Å². The van der Waals surface area contributed by atoms with Crippen molar-refractivity contribution in [2.75, 3.05) is 19.6 Å². The number of benzene rings is 1. The molecule has 0 bridgehead atoms. The maximum absolute atomic E-state index is 12.6. The molecule has 0 spiro atoms. The Balaban J connectivity index is 0.00000320. The number of carboxylic acid groups (broad SMARTS) is 1. The summed E-state index contributed by atoms with van der Waals surface area (Å²) >= 11 is 0. The van der Waals surface area contributed by atoms with Crippen LogP contribution in [0.4, 0.5) is 0 Å². The van der Waals surface area contributed by atoms with Gasteiger partial charge in [-0.2, -0.15) is 0 Å². The number of amides is 1. The van der Waals surface area contributed by atoms with Gasteiger partial charge in [0.05, 0.1) is 5.69 Å². The van der Waals surface area contributed by atoms with Crippen molar-refractivity contribution >= 4 is 24.3 Å². The fourth-order valence-corrected chi connectivity index (χ4v) is 3.35. The Kier molecular flexibility index (Phi) is 9.01. The molecule has 0 radical (unpaired) electrons. The summed E-state index contributed by atoms with van der Waals surface area (Å²) in [4.78, 5) is 32.5. The van der Waals surface area contributed by atoms with Crippen LogP contribution in [0.3, 0.4) is 0 Å². The molecule has 162 valence electrons. The fourth-order valence-electron chi connectivity index (χ4n) is 3.35. The SMILES string of the molecule is Cc1nc(CC2CCNCC2)nc(C(=O)NCC(=O)O)c1OCc1ccccc1.Cl. The molecule has 8 nitrogen and oxygen atoms in total. The third-order valence-corrected chi connectivity index (χ3v) is 4.85. The summed E-state index contributed by atoms with van der Waals surface area (Å²) in [6.45, 7) is 3.49. The number of hydrogen-bond acceptors (Lipinski definition) is 6. The Morgan fingerprint density at radius 3 is 2.57 bits per heavy atom. The monoisotopic (exact) mass is 434 g/mol. The quantitative estimate of drug-likeness (QED) is 0.583. The van der Waals surface area contributed by atoms with E-state index in [-0.39, 0.29) is 30.5 Å². The molecular weight excluding hydrogens is 408 g/mol. The van der Waals surface area contributed by atoms with Gasteiger partial charge < -0.3 is 20.5 Å². The number of aliphatic carboxylic acids is 1. The molecule has 9 heteroatoms. The molecule has 0 aliphatic carbocycles. The summed E-state index contributed by atoms with van der Waals surface area (Å²) in [5.41, 5.74) is 1.60. The van der Waals surface area contributed by atoms with E-state index in [1.54, 1.807) is 6.92 Å². The van der Waals surface area contributed by atoms with Gasteiger partial charge in [0, 0.05) is 6.42 Å². The number of carboxylic acids is 1. The number of rotatable bonds is 8. The van der Waals surface area contributed by atoms with E-state index >= 15 is 0 Å². The molecule has 3 rings (SSSR count). The third kappa shape index (κ3) is 6.67. The van der Waals surface area contributed by atoms with Crippen LogP contribution in [0.2, 0.25) is 0 Å². The van der Waals surface area contributed by atoms with Crippen LogP contribution in [-0.4, -0.2) is 46.6 Å². The van der Waals surface area contributed by atoms with Gasteiger partial charge in [0.2, 0.25) is 0 Å². The van der Waals surface area contributed by atoms with Crippen LogP contribution in [0.5, 0.6) is 5.75 Å². The standard InChI is InChI=1S/C21H26N4O4.ClH/c1-14-20(29-13-16-5-3-2-4-6-16)19(21(28)23-12-18(26)27)25-17(24-14)11-15-7-9-22-10-8-15;/h2-6,15,22H,7-13H2,1H3,(H,23,28)(H,26,27);1H. The lowest BCUT2D eigenvalue weighted by Crippen LogP contribution is -2.31. The van der Waals surface area contributed by atoms with E-state index in [1.165, 1.54) is 0 Å². The van der Waals surface area contributed by atoms with Crippen LogP contribution in [0, 0.1) is 12.8 Å². The summed E-state index contributed by atoms with van der Waals surface area (Å²) in [5.74, 6) is -0.368. The van der Waals surface area contributed by atoms with E-state index < -0.39 is 18.4 Å². The molecule has 2 heterocycles. The maximum Gasteiger partial charge on any atom is 0.322 e. The molecule has 1 saturated heterocycles. The predicted molar refractivity (Wildman–Crippen MR) is 114 cm³/mol. The Morgan fingerprint density at radius 1 is 1.20 bits per heavy atom. The molecular formula is C21H27ClN4O4. The largest absolute Gasteiger partial charge is 0.485 e. The number of ether oxygens (including phenoxy) is 1. The van der Waals surface area contributed by atoms with Crippen molar-refractivity contribution in [2.24, 2.45) is 5.92 Å². The lowest BCUT2D eigenvalue weighted by molar-refractivity contribution is -0.135. The van der Waals surface area contributed by atoms with E-state index in [2.05, 4.69) is 20.6 Å². The van der Waals surface area contributed by atoms with Crippen molar-refractivity contribution in [1.29, 1.82) is 0 Å². The van der Waals surface area contributed by atoms with Crippen LogP contribution in [-0.2, 0) is 17.8 Å². The molecule has 0 atom stereocenters. The van der Waals surface area contributed by atoms with Crippen molar-refractivity contribution in [2.45, 2.75) is 32.8 Å². The first-order valence-corrected chi connectivity index (χ1v) is 9.78. The first-order valence-electron chi connectivity index (χ1n) is 9.78. The Bertz CT molecular complexity index is 858. The number of carbonyl (C=O) groups is 2. The molecule has 1 aliphatic heterocycles. The second kappa shape index (κ2) is 11.5. The predicted octanol–water partition coefficient (Wildman–Crippen LogP) is 2.14. The number of piperidine rings is 1. The summed E-state index contributed by atoms with van der Waals surface area (Å²) in [7, 11) is 0. The van der Waals surface area contributed by atoms with Gasteiger partial charge in [0.15, 0.2) is 11.4 Å². The highest BCUT2D eigenvalue weighted by Crippen LogP contribution is 2.24. The summed E-state index contributed by atoms with van der Waals surface area (Å²) in [6, 6.07) is 9.57. The van der Waals surface area contributed by atoms with Gasteiger partial charge >= 0.3 is 5.97 Å². The number of hydrogen-bond donors (Lipinski definition) is 3. The highest BCUT2D eigenvalue weighted by Gasteiger charge is 2.22. The normalized spacial score (nSPS) is 13.9. The number of aryl methyl sites for hydroxylation is 1. The highest BCUT2D eigenvalue weighted by atomic mass is 35.5.